The van der Waals surface area contributed by atoms with Gasteiger partial charge in [-0.15, -0.1) is 0 Å². The van der Waals surface area contributed by atoms with Crippen molar-refractivity contribution in [2.24, 2.45) is 22.7 Å². The molecule has 23 heavy (non-hydrogen) atoms. The molecule has 0 aliphatic heterocycles. The van der Waals surface area contributed by atoms with Crippen LogP contribution < -0.4 is 0 Å². The fourth-order valence-electron chi connectivity index (χ4n) is 5.98. The van der Waals surface area contributed by atoms with Crippen molar-refractivity contribution in [1.82, 2.24) is 0 Å². The summed E-state index contributed by atoms with van der Waals surface area (Å²) < 4.78 is 5.53. The number of carbonyl (C=O) groups is 1. The van der Waals surface area contributed by atoms with Crippen molar-refractivity contribution in [3.05, 3.63) is 34.6 Å². The van der Waals surface area contributed by atoms with Gasteiger partial charge in [0.15, 0.2) is 0 Å². The highest BCUT2D eigenvalue weighted by Gasteiger charge is 2.55. The third-order valence-electron chi connectivity index (χ3n) is 7.43. The maximum Gasteiger partial charge on any atom is 0.139 e. The second-order valence-corrected chi connectivity index (χ2v) is 8.50. The Kier molecular flexibility index (Phi) is 3.21. The molecule has 4 aliphatic carbocycles. The SMILES string of the molecule is COC1=CC2=C(C)C[C@@H]3C(=CC[C@]4(C)C(=O)CC[C@@H]34)[C@@]2(C)CC1. The number of ether oxygens (including phenoxy) is 1. The van der Waals surface area contributed by atoms with E-state index in [9.17, 15) is 4.79 Å². The number of Topliss-reactive ketones (excluding diaryl/α,β-unsaturated/α-hetero) is 1. The fourth-order valence-corrected chi connectivity index (χ4v) is 5.98. The zero-order chi connectivity index (χ0) is 16.4. The second-order valence-electron chi connectivity index (χ2n) is 8.50. The summed E-state index contributed by atoms with van der Waals surface area (Å²) in [6.45, 7) is 6.94. The number of rotatable bonds is 1. The summed E-state index contributed by atoms with van der Waals surface area (Å²) in [6.07, 6.45) is 10.9. The van der Waals surface area contributed by atoms with Gasteiger partial charge in [-0.3, -0.25) is 4.79 Å². The molecule has 0 aromatic rings. The second kappa shape index (κ2) is 4.84. The topological polar surface area (TPSA) is 26.3 Å². The summed E-state index contributed by atoms with van der Waals surface area (Å²) in [5, 5.41) is 0. The lowest BCUT2D eigenvalue weighted by Crippen LogP contribution is -2.44. The van der Waals surface area contributed by atoms with E-state index in [0.29, 0.717) is 17.6 Å². The minimum absolute atomic E-state index is 0.0928. The first-order valence-corrected chi connectivity index (χ1v) is 9.09. The molecule has 1 saturated carbocycles. The molecule has 2 nitrogen and oxygen atoms in total. The monoisotopic (exact) mass is 312 g/mol. The zero-order valence-corrected chi connectivity index (χ0v) is 14.9. The summed E-state index contributed by atoms with van der Waals surface area (Å²) in [6, 6.07) is 0. The first-order chi connectivity index (χ1) is 10.9. The van der Waals surface area contributed by atoms with Gasteiger partial charge in [-0.25, -0.2) is 0 Å². The van der Waals surface area contributed by atoms with Crippen LogP contribution in [-0.2, 0) is 9.53 Å². The fraction of sp³-hybridized carbons (Fsp3) is 0.667. The van der Waals surface area contributed by atoms with Crippen LogP contribution in [0.4, 0.5) is 0 Å². The first kappa shape index (κ1) is 15.2. The number of fused-ring (bicyclic) bond motifs is 5. The molecule has 1 fully saturated rings. The molecule has 0 unspecified atom stereocenters. The van der Waals surface area contributed by atoms with Gasteiger partial charge in [0, 0.05) is 23.7 Å². The van der Waals surface area contributed by atoms with E-state index in [4.69, 9.17) is 4.74 Å². The van der Waals surface area contributed by atoms with E-state index in [-0.39, 0.29) is 10.8 Å². The molecule has 4 atom stereocenters. The molecular formula is C21H28O2. The Hall–Kier alpha value is -1.31. The van der Waals surface area contributed by atoms with Crippen molar-refractivity contribution in [3.8, 4) is 0 Å². The van der Waals surface area contributed by atoms with Crippen LogP contribution in [0.1, 0.15) is 59.3 Å². The van der Waals surface area contributed by atoms with E-state index < -0.39 is 0 Å². The van der Waals surface area contributed by atoms with Crippen LogP contribution in [0.15, 0.2) is 34.6 Å². The van der Waals surface area contributed by atoms with Crippen LogP contribution in [-0.4, -0.2) is 12.9 Å². The molecule has 0 amide bonds. The number of carbonyl (C=O) groups excluding carboxylic acids is 1. The molecule has 0 aromatic carbocycles. The van der Waals surface area contributed by atoms with Gasteiger partial charge in [0.2, 0.25) is 0 Å². The van der Waals surface area contributed by atoms with Crippen LogP contribution in [0.3, 0.4) is 0 Å². The van der Waals surface area contributed by atoms with Gasteiger partial charge in [0.25, 0.3) is 0 Å². The van der Waals surface area contributed by atoms with Gasteiger partial charge < -0.3 is 4.74 Å². The normalized spacial score (nSPS) is 42.5. The van der Waals surface area contributed by atoms with Gasteiger partial charge in [0.1, 0.15) is 5.78 Å². The number of methoxy groups -OCH3 is 1. The third kappa shape index (κ3) is 1.90. The van der Waals surface area contributed by atoms with Gasteiger partial charge in [0.05, 0.1) is 12.9 Å². The predicted octanol–water partition coefficient (Wildman–Crippen LogP) is 4.97. The van der Waals surface area contributed by atoms with E-state index in [2.05, 4.69) is 32.9 Å². The summed E-state index contributed by atoms with van der Waals surface area (Å²) in [4.78, 5) is 12.5. The standard InChI is InChI=1S/C21H28O2/c1-13-11-15-16-5-6-19(22)21(16,3)10-8-17(15)20(2)9-7-14(23-4)12-18(13)20/h8,12,15-16H,5-7,9-11H2,1-4H3/t15-,16-,20+,21-/m0/s1. The Bertz CT molecular complexity index is 665. The minimum Gasteiger partial charge on any atom is -0.501 e. The highest BCUT2D eigenvalue weighted by molar-refractivity contribution is 5.87. The Morgan fingerprint density at radius 1 is 1.26 bits per heavy atom. The Balaban J connectivity index is 1.81. The van der Waals surface area contributed by atoms with Gasteiger partial charge >= 0.3 is 0 Å². The number of hydrogen-bond donors (Lipinski definition) is 0. The maximum absolute atomic E-state index is 12.5. The quantitative estimate of drug-likeness (QED) is 0.639. The summed E-state index contributed by atoms with van der Waals surface area (Å²) in [7, 11) is 1.78. The lowest BCUT2D eigenvalue weighted by molar-refractivity contribution is -0.127. The largest absolute Gasteiger partial charge is 0.501 e. The number of allylic oxidation sites excluding steroid dienone is 6. The molecule has 4 aliphatic rings. The zero-order valence-electron chi connectivity index (χ0n) is 14.9. The molecule has 0 saturated heterocycles. The molecule has 0 aromatic heterocycles. The highest BCUT2D eigenvalue weighted by atomic mass is 16.5. The first-order valence-electron chi connectivity index (χ1n) is 9.09. The van der Waals surface area contributed by atoms with E-state index in [1.807, 2.05) is 0 Å². The molecular weight excluding hydrogens is 284 g/mol. The van der Waals surface area contributed by atoms with Crippen LogP contribution in [0.2, 0.25) is 0 Å². The smallest absolute Gasteiger partial charge is 0.139 e. The maximum atomic E-state index is 12.5. The van der Waals surface area contributed by atoms with E-state index in [0.717, 1.165) is 44.3 Å². The van der Waals surface area contributed by atoms with Crippen molar-refractivity contribution >= 4 is 5.78 Å². The van der Waals surface area contributed by atoms with E-state index in [1.165, 1.54) is 11.1 Å². The van der Waals surface area contributed by atoms with Crippen molar-refractivity contribution in [3.63, 3.8) is 0 Å². The lowest BCUT2D eigenvalue weighted by atomic mass is 9.52. The molecule has 4 rings (SSSR count). The lowest BCUT2D eigenvalue weighted by Gasteiger charge is -2.52. The summed E-state index contributed by atoms with van der Waals surface area (Å²) in [5.41, 5.74) is 4.68. The van der Waals surface area contributed by atoms with E-state index >= 15 is 0 Å². The van der Waals surface area contributed by atoms with E-state index in [1.54, 1.807) is 12.7 Å². The van der Waals surface area contributed by atoms with Gasteiger partial charge in [-0.1, -0.05) is 31.1 Å². The Morgan fingerprint density at radius 3 is 2.78 bits per heavy atom. The van der Waals surface area contributed by atoms with Crippen LogP contribution in [0.5, 0.6) is 0 Å². The average Bonchev–Trinajstić information content (AvgIpc) is 2.83. The Morgan fingerprint density at radius 2 is 2.04 bits per heavy atom. The van der Waals surface area contributed by atoms with Gasteiger partial charge in [-0.2, -0.15) is 0 Å². The molecule has 0 spiro atoms. The number of hydrogen-bond acceptors (Lipinski definition) is 2. The molecule has 0 radical (unpaired) electrons. The Labute approximate surface area is 139 Å². The highest BCUT2D eigenvalue weighted by Crippen LogP contribution is 2.62. The van der Waals surface area contributed by atoms with Crippen LogP contribution in [0, 0.1) is 22.7 Å². The van der Waals surface area contributed by atoms with Crippen molar-refractivity contribution < 1.29 is 9.53 Å². The minimum atomic E-state index is -0.0928. The van der Waals surface area contributed by atoms with Gasteiger partial charge in [-0.05, 0) is 56.1 Å². The van der Waals surface area contributed by atoms with Crippen LogP contribution in [0.25, 0.3) is 0 Å². The molecule has 124 valence electrons. The predicted molar refractivity (Wildman–Crippen MR) is 91.8 cm³/mol. The van der Waals surface area contributed by atoms with Crippen molar-refractivity contribution in [2.75, 3.05) is 7.11 Å². The molecule has 0 heterocycles. The summed E-state index contributed by atoms with van der Waals surface area (Å²) in [5.74, 6) is 2.75. The molecule has 0 bridgehead atoms. The third-order valence-corrected chi connectivity index (χ3v) is 7.43. The van der Waals surface area contributed by atoms with Crippen molar-refractivity contribution in [1.29, 1.82) is 0 Å². The number of ketones is 1. The summed E-state index contributed by atoms with van der Waals surface area (Å²) >= 11 is 0. The van der Waals surface area contributed by atoms with Crippen molar-refractivity contribution in [2.45, 2.75) is 59.3 Å². The average molecular weight is 312 g/mol. The molecule has 0 N–H and O–H groups in total. The molecule has 2 heteroatoms. The van der Waals surface area contributed by atoms with Crippen LogP contribution >= 0.6 is 0 Å².